The number of anilines is 1. The third kappa shape index (κ3) is 4.50. The van der Waals surface area contributed by atoms with Crippen LogP contribution in [0.15, 0.2) is 12.1 Å². The Labute approximate surface area is 112 Å². The van der Waals surface area contributed by atoms with E-state index >= 15 is 0 Å². The van der Waals surface area contributed by atoms with Crippen molar-refractivity contribution >= 4 is 23.3 Å². The van der Waals surface area contributed by atoms with Gasteiger partial charge in [0, 0.05) is 25.8 Å². The third-order valence-corrected chi connectivity index (χ3v) is 2.75. The van der Waals surface area contributed by atoms with Crippen LogP contribution in [0.25, 0.3) is 0 Å². The Balaban J connectivity index is 2.57. The Bertz CT molecular complexity index is 392. The molecule has 0 aliphatic heterocycles. The summed E-state index contributed by atoms with van der Waals surface area (Å²) in [6.07, 6.45) is 2.51. The summed E-state index contributed by atoms with van der Waals surface area (Å²) in [4.78, 5) is 17.5. The predicted octanol–water partition coefficient (Wildman–Crippen LogP) is 1.55. The minimum Gasteiger partial charge on any atom is -0.396 e. The van der Waals surface area contributed by atoms with Crippen molar-refractivity contribution < 1.29 is 9.90 Å². The van der Waals surface area contributed by atoms with Crippen molar-refractivity contribution in [3.05, 3.63) is 22.8 Å². The number of hydrogen-bond donors (Lipinski definition) is 2. The molecular weight excluding hydrogens is 254 g/mol. The average Bonchev–Trinajstić information content (AvgIpc) is 2.32. The summed E-state index contributed by atoms with van der Waals surface area (Å²) in [5.41, 5.74) is 5.98. The summed E-state index contributed by atoms with van der Waals surface area (Å²) < 4.78 is 0. The summed E-state index contributed by atoms with van der Waals surface area (Å²) in [6.45, 7) is 0.826. The lowest BCUT2D eigenvalue weighted by molar-refractivity contribution is 0.0792. The lowest BCUT2D eigenvalue weighted by atomic mass is 10.2. The average molecular weight is 272 g/mol. The molecular formula is C12H18ClN3O2. The highest BCUT2D eigenvalue weighted by Crippen LogP contribution is 2.14. The number of aliphatic hydroxyl groups is 1. The van der Waals surface area contributed by atoms with Gasteiger partial charge in [0.1, 0.15) is 11.0 Å². The van der Waals surface area contributed by atoms with Crippen molar-refractivity contribution in [1.29, 1.82) is 0 Å². The molecule has 0 aromatic carbocycles. The number of pyridine rings is 1. The largest absolute Gasteiger partial charge is 0.396 e. The number of amides is 1. The Morgan fingerprint density at radius 1 is 1.44 bits per heavy atom. The predicted molar refractivity (Wildman–Crippen MR) is 71.6 cm³/mol. The third-order valence-electron chi connectivity index (χ3n) is 2.56. The van der Waals surface area contributed by atoms with Gasteiger partial charge in [0.05, 0.1) is 0 Å². The Kier molecular flexibility index (Phi) is 5.88. The van der Waals surface area contributed by atoms with Gasteiger partial charge in [-0.1, -0.05) is 11.6 Å². The fourth-order valence-corrected chi connectivity index (χ4v) is 1.82. The molecule has 0 spiro atoms. The molecule has 1 rings (SSSR count). The number of unbranched alkanes of at least 4 members (excludes halogenated alkanes) is 2. The molecule has 0 bridgehead atoms. The van der Waals surface area contributed by atoms with Crippen molar-refractivity contribution in [2.45, 2.75) is 19.3 Å². The van der Waals surface area contributed by atoms with E-state index in [1.54, 1.807) is 11.9 Å². The number of nitrogen functional groups attached to an aromatic ring is 1. The van der Waals surface area contributed by atoms with Crippen molar-refractivity contribution in [2.24, 2.45) is 0 Å². The molecule has 0 aliphatic rings. The first-order chi connectivity index (χ1) is 8.54. The van der Waals surface area contributed by atoms with Gasteiger partial charge in [0.2, 0.25) is 0 Å². The maximum Gasteiger partial charge on any atom is 0.253 e. The van der Waals surface area contributed by atoms with E-state index in [-0.39, 0.29) is 23.5 Å². The van der Waals surface area contributed by atoms with Gasteiger partial charge in [-0.25, -0.2) is 4.98 Å². The van der Waals surface area contributed by atoms with Crippen LogP contribution in [0.3, 0.4) is 0 Å². The Morgan fingerprint density at radius 2 is 2.17 bits per heavy atom. The second-order valence-corrected chi connectivity index (χ2v) is 4.50. The molecule has 6 heteroatoms. The SMILES string of the molecule is CN(CCCCCO)C(=O)c1cc(N)nc(Cl)c1. The van der Waals surface area contributed by atoms with Crippen LogP contribution in [-0.4, -0.2) is 41.1 Å². The van der Waals surface area contributed by atoms with Gasteiger partial charge in [0.15, 0.2) is 0 Å². The summed E-state index contributed by atoms with van der Waals surface area (Å²) in [5, 5.41) is 8.88. The Hall–Kier alpha value is -1.33. The minimum atomic E-state index is -0.130. The summed E-state index contributed by atoms with van der Waals surface area (Å²) in [7, 11) is 1.73. The number of aromatic nitrogens is 1. The normalized spacial score (nSPS) is 10.4. The molecule has 0 saturated heterocycles. The highest BCUT2D eigenvalue weighted by Gasteiger charge is 2.12. The van der Waals surface area contributed by atoms with E-state index in [1.165, 1.54) is 12.1 Å². The van der Waals surface area contributed by atoms with Crippen molar-refractivity contribution in [3.8, 4) is 0 Å². The number of carbonyl (C=O) groups excluding carboxylic acids is 1. The first-order valence-corrected chi connectivity index (χ1v) is 6.21. The molecule has 1 aromatic heterocycles. The zero-order valence-electron chi connectivity index (χ0n) is 10.4. The summed E-state index contributed by atoms with van der Waals surface area (Å²) in [5.74, 6) is 0.106. The van der Waals surface area contributed by atoms with Crippen LogP contribution in [0, 0.1) is 0 Å². The van der Waals surface area contributed by atoms with Gasteiger partial charge in [0.25, 0.3) is 5.91 Å². The van der Waals surface area contributed by atoms with E-state index in [1.807, 2.05) is 0 Å². The summed E-state index contributed by atoms with van der Waals surface area (Å²) >= 11 is 5.75. The lowest BCUT2D eigenvalue weighted by Gasteiger charge is -2.17. The smallest absolute Gasteiger partial charge is 0.253 e. The molecule has 3 N–H and O–H groups in total. The molecule has 0 atom stereocenters. The van der Waals surface area contributed by atoms with Crippen LogP contribution in [0.4, 0.5) is 5.82 Å². The zero-order chi connectivity index (χ0) is 13.5. The maximum atomic E-state index is 12.0. The second kappa shape index (κ2) is 7.18. The summed E-state index contributed by atoms with van der Waals surface area (Å²) in [6, 6.07) is 3.02. The van der Waals surface area contributed by atoms with Gasteiger partial charge in [-0.15, -0.1) is 0 Å². The topological polar surface area (TPSA) is 79.5 Å². The molecule has 0 aliphatic carbocycles. The van der Waals surface area contributed by atoms with Crippen LogP contribution in [0.2, 0.25) is 5.15 Å². The zero-order valence-corrected chi connectivity index (χ0v) is 11.2. The minimum absolute atomic E-state index is 0.130. The molecule has 1 aromatic rings. The van der Waals surface area contributed by atoms with Crippen molar-refractivity contribution in [2.75, 3.05) is 25.9 Å². The number of aliphatic hydroxyl groups excluding tert-OH is 1. The van der Waals surface area contributed by atoms with Crippen LogP contribution < -0.4 is 5.73 Å². The number of carbonyl (C=O) groups is 1. The fraction of sp³-hybridized carbons (Fsp3) is 0.500. The molecule has 0 saturated carbocycles. The molecule has 5 nitrogen and oxygen atoms in total. The van der Waals surface area contributed by atoms with E-state index in [9.17, 15) is 4.79 Å². The number of nitrogens with zero attached hydrogens (tertiary/aromatic N) is 2. The molecule has 0 fully saturated rings. The first kappa shape index (κ1) is 14.7. The first-order valence-electron chi connectivity index (χ1n) is 5.84. The van der Waals surface area contributed by atoms with Crippen molar-refractivity contribution in [3.63, 3.8) is 0 Å². The number of hydrogen-bond acceptors (Lipinski definition) is 4. The molecule has 1 amide bonds. The highest BCUT2D eigenvalue weighted by molar-refractivity contribution is 6.29. The quantitative estimate of drug-likeness (QED) is 0.608. The second-order valence-electron chi connectivity index (χ2n) is 4.11. The van der Waals surface area contributed by atoms with E-state index in [4.69, 9.17) is 22.4 Å². The van der Waals surface area contributed by atoms with Gasteiger partial charge in [-0.2, -0.15) is 0 Å². The van der Waals surface area contributed by atoms with E-state index in [0.29, 0.717) is 12.1 Å². The van der Waals surface area contributed by atoms with Gasteiger partial charge in [-0.3, -0.25) is 4.79 Å². The van der Waals surface area contributed by atoms with Crippen molar-refractivity contribution in [1.82, 2.24) is 9.88 Å². The van der Waals surface area contributed by atoms with E-state index in [0.717, 1.165) is 19.3 Å². The molecule has 0 radical (unpaired) electrons. The fourth-order valence-electron chi connectivity index (χ4n) is 1.60. The van der Waals surface area contributed by atoms with Crippen LogP contribution in [0.5, 0.6) is 0 Å². The van der Waals surface area contributed by atoms with Crippen LogP contribution in [-0.2, 0) is 0 Å². The van der Waals surface area contributed by atoms with E-state index < -0.39 is 0 Å². The maximum absolute atomic E-state index is 12.0. The van der Waals surface area contributed by atoms with Crippen LogP contribution in [0.1, 0.15) is 29.6 Å². The van der Waals surface area contributed by atoms with Gasteiger partial charge in [-0.05, 0) is 31.4 Å². The van der Waals surface area contributed by atoms with Gasteiger partial charge >= 0.3 is 0 Å². The van der Waals surface area contributed by atoms with Gasteiger partial charge < -0.3 is 15.7 Å². The number of halogens is 1. The Morgan fingerprint density at radius 3 is 2.78 bits per heavy atom. The lowest BCUT2D eigenvalue weighted by Crippen LogP contribution is -2.28. The molecule has 100 valence electrons. The number of rotatable bonds is 6. The van der Waals surface area contributed by atoms with E-state index in [2.05, 4.69) is 4.98 Å². The van der Waals surface area contributed by atoms with Crippen LogP contribution >= 0.6 is 11.6 Å². The molecule has 1 heterocycles. The standard InChI is InChI=1S/C12H18ClN3O2/c1-16(5-3-2-4-6-17)12(18)9-7-10(13)15-11(14)8-9/h7-8,17H,2-6H2,1H3,(H2,14,15). The monoisotopic (exact) mass is 271 g/mol. The highest BCUT2D eigenvalue weighted by atomic mass is 35.5. The number of nitrogens with two attached hydrogens (primary N) is 1. The molecule has 18 heavy (non-hydrogen) atoms. The molecule has 0 unspecified atom stereocenters.